The summed E-state index contributed by atoms with van der Waals surface area (Å²) in [5.74, 6) is 1.07. The molecule has 1 saturated carbocycles. The van der Waals surface area contributed by atoms with Crippen LogP contribution in [0.2, 0.25) is 15.1 Å². The average Bonchev–Trinajstić information content (AvgIpc) is 3.20. The molecule has 12 heteroatoms. The van der Waals surface area contributed by atoms with Crippen molar-refractivity contribution in [2.45, 2.75) is 51.1 Å². The highest BCUT2D eigenvalue weighted by atomic mass is 35.5. The number of rotatable bonds is 6. The third-order valence-electron chi connectivity index (χ3n) is 7.10. The number of carbonyl (C=O) groups excluding carboxylic acids is 1. The zero-order valence-electron chi connectivity index (χ0n) is 19.8. The molecule has 5 rings (SSSR count). The molecule has 2 aliphatic rings. The number of primary amides is 1. The lowest BCUT2D eigenvalue weighted by Crippen LogP contribution is -2.36. The van der Waals surface area contributed by atoms with E-state index in [1.54, 1.807) is 18.3 Å². The Morgan fingerprint density at radius 1 is 1.11 bits per heavy atom. The zero-order chi connectivity index (χ0) is 25.4. The standard InChI is InChI=1S/C24H28Cl3N7O2/c1-12-11-36-7-6-18(12)30-23-29-10-19-22(33-23)34(15-4-2-13(3-5-15)21(28)35)24(31-19)32-20-16(26)8-14(25)9-17(20)27/h8-10,12-13,15,18H,2-7,11H2,1H3,(H2,28,35)(H,31,32)(H,29,30,33)/t12-,13-,15-,18+/m0/s1. The molecule has 1 aromatic carbocycles. The number of nitrogens with two attached hydrogens (primary N) is 1. The number of imidazole rings is 1. The Morgan fingerprint density at radius 3 is 2.50 bits per heavy atom. The fourth-order valence-corrected chi connectivity index (χ4v) is 5.96. The SMILES string of the molecule is C[C@H]1COCC[C@H]1Nc1ncc2nc(Nc3c(Cl)cc(Cl)cc3Cl)n([C@H]3CC[C@H](C(N)=O)CC3)c2n1. The first kappa shape index (κ1) is 25.3. The summed E-state index contributed by atoms with van der Waals surface area (Å²) in [6.45, 7) is 3.57. The molecule has 1 aliphatic carbocycles. The van der Waals surface area contributed by atoms with Gasteiger partial charge in [0, 0.05) is 29.6 Å². The van der Waals surface area contributed by atoms with Crippen molar-refractivity contribution in [2.75, 3.05) is 23.8 Å². The van der Waals surface area contributed by atoms with Crippen molar-refractivity contribution in [1.82, 2.24) is 19.5 Å². The topological polar surface area (TPSA) is 120 Å². The van der Waals surface area contributed by atoms with Gasteiger partial charge in [0.2, 0.25) is 17.8 Å². The summed E-state index contributed by atoms with van der Waals surface area (Å²) in [7, 11) is 0. The number of nitrogens with zero attached hydrogens (tertiary/aromatic N) is 4. The monoisotopic (exact) mass is 551 g/mol. The molecule has 3 aromatic rings. The van der Waals surface area contributed by atoms with Gasteiger partial charge >= 0.3 is 0 Å². The lowest BCUT2D eigenvalue weighted by atomic mass is 9.85. The Labute approximate surface area is 224 Å². The van der Waals surface area contributed by atoms with Gasteiger partial charge in [-0.25, -0.2) is 9.97 Å². The molecular formula is C24H28Cl3N7O2. The van der Waals surface area contributed by atoms with Crippen LogP contribution in [-0.2, 0) is 9.53 Å². The van der Waals surface area contributed by atoms with Crippen LogP contribution in [0.25, 0.3) is 11.2 Å². The molecule has 0 unspecified atom stereocenters. The summed E-state index contributed by atoms with van der Waals surface area (Å²) in [4.78, 5) is 25.9. The predicted molar refractivity (Wildman–Crippen MR) is 142 cm³/mol. The van der Waals surface area contributed by atoms with Crippen molar-refractivity contribution in [3.05, 3.63) is 33.4 Å². The van der Waals surface area contributed by atoms with Gasteiger partial charge in [-0.2, -0.15) is 4.98 Å². The van der Waals surface area contributed by atoms with Gasteiger partial charge in [0.05, 0.1) is 28.5 Å². The number of halogens is 3. The first-order chi connectivity index (χ1) is 17.3. The molecule has 2 atom stereocenters. The van der Waals surface area contributed by atoms with Gasteiger partial charge in [0.1, 0.15) is 5.52 Å². The van der Waals surface area contributed by atoms with Crippen molar-refractivity contribution in [3.8, 4) is 0 Å². The molecule has 36 heavy (non-hydrogen) atoms. The maximum Gasteiger partial charge on any atom is 0.224 e. The van der Waals surface area contributed by atoms with Gasteiger partial charge in [-0.1, -0.05) is 41.7 Å². The van der Waals surface area contributed by atoms with E-state index < -0.39 is 0 Å². The van der Waals surface area contributed by atoms with Crippen molar-refractivity contribution < 1.29 is 9.53 Å². The van der Waals surface area contributed by atoms with Crippen LogP contribution in [0.15, 0.2) is 18.3 Å². The Bertz CT molecular complexity index is 1250. The molecule has 2 fully saturated rings. The van der Waals surface area contributed by atoms with E-state index in [0.29, 0.717) is 75.8 Å². The molecule has 3 heterocycles. The summed E-state index contributed by atoms with van der Waals surface area (Å²) in [6.07, 6.45) is 5.55. The van der Waals surface area contributed by atoms with Crippen molar-refractivity contribution in [3.63, 3.8) is 0 Å². The summed E-state index contributed by atoms with van der Waals surface area (Å²) in [5.41, 5.74) is 7.41. The van der Waals surface area contributed by atoms with E-state index in [0.717, 1.165) is 19.3 Å². The molecule has 0 spiro atoms. The van der Waals surface area contributed by atoms with E-state index in [1.807, 2.05) is 0 Å². The number of hydrogen-bond donors (Lipinski definition) is 3. The van der Waals surface area contributed by atoms with Crippen LogP contribution in [0.4, 0.5) is 17.6 Å². The van der Waals surface area contributed by atoms with E-state index in [4.69, 9.17) is 55.2 Å². The van der Waals surface area contributed by atoms with Gasteiger partial charge in [-0.15, -0.1) is 0 Å². The fraction of sp³-hybridized carbons (Fsp3) is 0.500. The maximum atomic E-state index is 11.7. The second kappa shape index (κ2) is 10.6. The Morgan fingerprint density at radius 2 is 1.83 bits per heavy atom. The number of fused-ring (bicyclic) bond motifs is 1. The largest absolute Gasteiger partial charge is 0.381 e. The predicted octanol–water partition coefficient (Wildman–Crippen LogP) is 5.58. The number of carbonyl (C=O) groups is 1. The average molecular weight is 553 g/mol. The van der Waals surface area contributed by atoms with Gasteiger partial charge in [0.25, 0.3) is 0 Å². The van der Waals surface area contributed by atoms with Crippen LogP contribution >= 0.6 is 34.8 Å². The van der Waals surface area contributed by atoms with Crippen LogP contribution < -0.4 is 16.4 Å². The highest BCUT2D eigenvalue weighted by Crippen LogP contribution is 2.40. The third kappa shape index (κ3) is 5.20. The first-order valence-electron chi connectivity index (χ1n) is 12.1. The van der Waals surface area contributed by atoms with E-state index in [2.05, 4.69) is 27.1 Å². The molecule has 1 amide bonds. The zero-order valence-corrected chi connectivity index (χ0v) is 22.1. The van der Waals surface area contributed by atoms with Gasteiger partial charge in [-0.05, 0) is 50.2 Å². The van der Waals surface area contributed by atoms with Crippen LogP contribution in [0.5, 0.6) is 0 Å². The maximum absolute atomic E-state index is 11.7. The molecule has 1 aliphatic heterocycles. The number of anilines is 3. The Balaban J connectivity index is 1.53. The smallest absolute Gasteiger partial charge is 0.224 e. The highest BCUT2D eigenvalue weighted by Gasteiger charge is 2.30. The normalized spacial score (nSPS) is 24.6. The molecular weight excluding hydrogens is 525 g/mol. The minimum absolute atomic E-state index is 0.0581. The number of benzene rings is 1. The minimum atomic E-state index is -0.249. The Hall–Kier alpha value is -2.33. The minimum Gasteiger partial charge on any atom is -0.381 e. The Kier molecular flexibility index (Phi) is 7.44. The number of hydrogen-bond acceptors (Lipinski definition) is 7. The second-order valence-corrected chi connectivity index (χ2v) is 10.8. The summed E-state index contributed by atoms with van der Waals surface area (Å²) < 4.78 is 7.63. The molecule has 4 N–H and O–H groups in total. The molecule has 0 bridgehead atoms. The van der Waals surface area contributed by atoms with Gasteiger partial charge < -0.3 is 21.1 Å². The highest BCUT2D eigenvalue weighted by molar-refractivity contribution is 6.41. The van der Waals surface area contributed by atoms with Crippen LogP contribution in [-0.4, -0.2) is 44.7 Å². The number of nitrogens with one attached hydrogen (secondary N) is 2. The molecule has 1 saturated heterocycles. The fourth-order valence-electron chi connectivity index (χ4n) is 5.05. The van der Waals surface area contributed by atoms with Crippen LogP contribution in [0.3, 0.4) is 0 Å². The first-order valence-corrected chi connectivity index (χ1v) is 13.2. The number of aromatic nitrogens is 4. The summed E-state index contributed by atoms with van der Waals surface area (Å²) in [6, 6.07) is 3.53. The number of ether oxygens (including phenoxy) is 1. The molecule has 9 nitrogen and oxygen atoms in total. The van der Waals surface area contributed by atoms with Gasteiger partial charge in [-0.3, -0.25) is 9.36 Å². The third-order valence-corrected chi connectivity index (χ3v) is 7.91. The van der Waals surface area contributed by atoms with E-state index >= 15 is 0 Å². The van der Waals surface area contributed by atoms with Crippen molar-refractivity contribution >= 4 is 69.5 Å². The van der Waals surface area contributed by atoms with Gasteiger partial charge in [0.15, 0.2) is 5.65 Å². The molecule has 0 radical (unpaired) electrons. The van der Waals surface area contributed by atoms with E-state index in [9.17, 15) is 4.79 Å². The van der Waals surface area contributed by atoms with Crippen LogP contribution in [0.1, 0.15) is 45.1 Å². The van der Waals surface area contributed by atoms with Crippen molar-refractivity contribution in [2.24, 2.45) is 17.6 Å². The van der Waals surface area contributed by atoms with Crippen molar-refractivity contribution in [1.29, 1.82) is 0 Å². The molecule has 192 valence electrons. The lowest BCUT2D eigenvalue weighted by Gasteiger charge is -2.30. The summed E-state index contributed by atoms with van der Waals surface area (Å²) >= 11 is 19.0. The van der Waals surface area contributed by atoms with Crippen LogP contribution in [0, 0.1) is 11.8 Å². The van der Waals surface area contributed by atoms with E-state index in [1.165, 1.54) is 0 Å². The second-order valence-electron chi connectivity index (χ2n) is 9.58. The quantitative estimate of drug-likeness (QED) is 0.365. The van der Waals surface area contributed by atoms with E-state index in [-0.39, 0.29) is 23.9 Å². The summed E-state index contributed by atoms with van der Waals surface area (Å²) in [5, 5.41) is 7.98. The molecule has 2 aromatic heterocycles. The number of amides is 1. The lowest BCUT2D eigenvalue weighted by molar-refractivity contribution is -0.122.